The number of carbonyl (C=O) groups excluding carboxylic acids is 1. The molecule has 0 aliphatic carbocycles. The van der Waals surface area contributed by atoms with E-state index in [1.54, 1.807) is 16.8 Å². The number of aryl methyl sites for hydroxylation is 1. The molecule has 2 aromatic heterocycles. The van der Waals surface area contributed by atoms with Gasteiger partial charge in [0, 0.05) is 71.3 Å². The maximum atomic E-state index is 15.2. The number of piperazine rings is 1. The van der Waals surface area contributed by atoms with Crippen LogP contribution in [0.4, 0.5) is 23.4 Å². The lowest BCUT2D eigenvalue weighted by Crippen LogP contribution is -2.58. The SMILES string of the molecule is C=CC(=O)N1[C@H](C)CN(c2nc(=O)n3c4c(c(-c5ccc(F)c6cnn(C)c56)c(C(F)(F)F)cc24)SCC2(COC2)C3)C[C@@H]1C. The molecule has 2 atom stereocenters. The van der Waals surface area contributed by atoms with E-state index in [0.29, 0.717) is 24.5 Å². The average Bonchev–Trinajstić information content (AvgIpc) is 3.25. The Kier molecular flexibility index (Phi) is 6.82. The second kappa shape index (κ2) is 10.3. The third kappa shape index (κ3) is 4.55. The molecule has 2 fully saturated rings. The molecule has 0 unspecified atom stereocenters. The number of amides is 1. The number of ether oxygens (including phenoxy) is 1. The van der Waals surface area contributed by atoms with Crippen LogP contribution in [0.15, 0.2) is 46.7 Å². The average molecular weight is 643 g/mol. The molecule has 7 rings (SSSR count). The quantitative estimate of drug-likeness (QED) is 0.234. The maximum absolute atomic E-state index is 15.2. The summed E-state index contributed by atoms with van der Waals surface area (Å²) >= 11 is 1.26. The topological polar surface area (TPSA) is 85.5 Å². The van der Waals surface area contributed by atoms with Gasteiger partial charge in [0.2, 0.25) is 5.91 Å². The largest absolute Gasteiger partial charge is 0.417 e. The van der Waals surface area contributed by atoms with Gasteiger partial charge in [-0.05, 0) is 38.1 Å². The van der Waals surface area contributed by atoms with Crippen LogP contribution in [-0.2, 0) is 29.3 Å². The number of carbonyl (C=O) groups is 1. The minimum Gasteiger partial charge on any atom is -0.380 e. The van der Waals surface area contributed by atoms with Crippen molar-refractivity contribution in [2.75, 3.05) is 37.0 Å². The maximum Gasteiger partial charge on any atom is 0.417 e. The molecule has 5 heterocycles. The molecule has 14 heteroatoms. The lowest BCUT2D eigenvalue weighted by molar-refractivity contribution is -0.137. The number of nitrogens with zero attached hydrogens (tertiary/aromatic N) is 6. The fourth-order valence-corrected chi connectivity index (χ4v) is 8.51. The second-order valence-corrected chi connectivity index (χ2v) is 13.3. The highest BCUT2D eigenvalue weighted by Gasteiger charge is 2.45. The summed E-state index contributed by atoms with van der Waals surface area (Å²) < 4.78 is 68.8. The van der Waals surface area contributed by atoms with Crippen LogP contribution in [0.2, 0.25) is 0 Å². The van der Waals surface area contributed by atoms with Crippen LogP contribution in [0.25, 0.3) is 32.9 Å². The Labute approximate surface area is 259 Å². The Bertz CT molecular complexity index is 1960. The number of anilines is 1. The molecule has 0 saturated carbocycles. The number of thioether (sulfide) groups is 1. The first-order valence-electron chi connectivity index (χ1n) is 14.5. The lowest BCUT2D eigenvalue weighted by Gasteiger charge is -2.44. The van der Waals surface area contributed by atoms with E-state index in [2.05, 4.69) is 16.7 Å². The molecule has 4 aromatic rings. The van der Waals surface area contributed by atoms with Gasteiger partial charge in [-0.25, -0.2) is 9.18 Å². The Morgan fingerprint density at radius 2 is 1.87 bits per heavy atom. The summed E-state index contributed by atoms with van der Waals surface area (Å²) in [6.07, 6.45) is -2.27. The highest BCUT2D eigenvalue weighted by atomic mass is 32.2. The van der Waals surface area contributed by atoms with Crippen molar-refractivity contribution in [2.45, 2.75) is 43.5 Å². The molecule has 3 aliphatic heterocycles. The predicted octanol–water partition coefficient (Wildman–Crippen LogP) is 4.84. The molecule has 0 radical (unpaired) electrons. The van der Waals surface area contributed by atoms with E-state index in [9.17, 15) is 14.0 Å². The zero-order valence-electron chi connectivity index (χ0n) is 24.8. The zero-order chi connectivity index (χ0) is 32.0. The van der Waals surface area contributed by atoms with Crippen molar-refractivity contribution in [1.82, 2.24) is 24.2 Å². The van der Waals surface area contributed by atoms with Gasteiger partial charge in [0.05, 0.1) is 41.4 Å². The lowest BCUT2D eigenvalue weighted by atomic mass is 9.88. The van der Waals surface area contributed by atoms with Crippen molar-refractivity contribution in [1.29, 1.82) is 0 Å². The van der Waals surface area contributed by atoms with Crippen molar-refractivity contribution >= 4 is 45.3 Å². The van der Waals surface area contributed by atoms with Crippen LogP contribution in [-0.4, -0.2) is 74.3 Å². The first-order chi connectivity index (χ1) is 21.3. The molecule has 1 amide bonds. The van der Waals surface area contributed by atoms with Crippen molar-refractivity contribution in [2.24, 2.45) is 12.5 Å². The minimum absolute atomic E-state index is 0.0978. The fourth-order valence-electron chi connectivity index (χ4n) is 7.08. The number of hydrogen-bond acceptors (Lipinski definition) is 7. The number of fused-ring (bicyclic) bond motifs is 1. The van der Waals surface area contributed by atoms with Gasteiger partial charge >= 0.3 is 11.9 Å². The summed E-state index contributed by atoms with van der Waals surface area (Å²) in [7, 11) is 1.56. The number of alkyl halides is 3. The fraction of sp³-hybridized carbons (Fsp3) is 0.419. The van der Waals surface area contributed by atoms with Gasteiger partial charge < -0.3 is 14.5 Å². The van der Waals surface area contributed by atoms with Gasteiger partial charge in [0.15, 0.2) is 0 Å². The van der Waals surface area contributed by atoms with Gasteiger partial charge in [0.25, 0.3) is 0 Å². The predicted molar refractivity (Wildman–Crippen MR) is 163 cm³/mol. The van der Waals surface area contributed by atoms with Crippen LogP contribution in [0.3, 0.4) is 0 Å². The van der Waals surface area contributed by atoms with Crippen molar-refractivity contribution in [3.05, 3.63) is 58.9 Å². The summed E-state index contributed by atoms with van der Waals surface area (Å²) in [6.45, 7) is 8.75. The van der Waals surface area contributed by atoms with E-state index in [1.165, 1.54) is 39.4 Å². The van der Waals surface area contributed by atoms with Gasteiger partial charge in [-0.2, -0.15) is 23.3 Å². The van der Waals surface area contributed by atoms with Crippen molar-refractivity contribution < 1.29 is 27.1 Å². The molecular weight excluding hydrogens is 612 g/mol. The highest BCUT2D eigenvalue weighted by molar-refractivity contribution is 7.99. The second-order valence-electron chi connectivity index (χ2n) is 12.3. The molecule has 236 valence electrons. The standard InChI is InChI=1S/C31H30F4N6O3S/c1-5-23(42)41-16(2)10-39(11-17(41)3)28-19-8-21(31(33,34)35)24(18-6-7-22(32)20-9-36-38(4)25(18)20)27-26(19)40(29(43)37-28)12-30(15-45-27)13-44-14-30/h5-9,16-17H,1,10-15H2,2-4H3/t16-,17+. The first-order valence-corrected chi connectivity index (χ1v) is 15.5. The number of aromatic nitrogens is 4. The Balaban J connectivity index is 1.55. The third-order valence-electron chi connectivity index (χ3n) is 9.10. The summed E-state index contributed by atoms with van der Waals surface area (Å²) in [5, 5.41) is 4.43. The zero-order valence-corrected chi connectivity index (χ0v) is 25.6. The third-order valence-corrected chi connectivity index (χ3v) is 10.5. The van der Waals surface area contributed by atoms with E-state index in [4.69, 9.17) is 4.74 Å². The molecule has 0 bridgehead atoms. The molecule has 2 saturated heterocycles. The molecule has 45 heavy (non-hydrogen) atoms. The van der Waals surface area contributed by atoms with E-state index >= 15 is 13.2 Å². The van der Waals surface area contributed by atoms with Crippen LogP contribution in [0, 0.1) is 11.2 Å². The summed E-state index contributed by atoms with van der Waals surface area (Å²) in [4.78, 5) is 34.6. The summed E-state index contributed by atoms with van der Waals surface area (Å²) in [5.74, 6) is -0.287. The minimum atomic E-state index is -4.81. The van der Waals surface area contributed by atoms with Crippen molar-refractivity contribution in [3.63, 3.8) is 0 Å². The molecule has 9 nitrogen and oxygen atoms in total. The summed E-state index contributed by atoms with van der Waals surface area (Å²) in [6, 6.07) is 2.93. The first kappa shape index (κ1) is 29.8. The highest BCUT2D eigenvalue weighted by Crippen LogP contribution is 2.52. The van der Waals surface area contributed by atoms with Crippen molar-refractivity contribution in [3.8, 4) is 11.1 Å². The summed E-state index contributed by atoms with van der Waals surface area (Å²) in [5.41, 5.74) is -1.33. The van der Waals surface area contributed by atoms with E-state index in [1.807, 2.05) is 13.8 Å². The van der Waals surface area contributed by atoms with Gasteiger partial charge in [-0.3, -0.25) is 14.0 Å². The van der Waals surface area contributed by atoms with Gasteiger partial charge in [-0.1, -0.05) is 6.58 Å². The molecule has 0 N–H and O–H groups in total. The van der Waals surface area contributed by atoms with Crippen LogP contribution in [0.1, 0.15) is 19.4 Å². The van der Waals surface area contributed by atoms with Gasteiger partial charge in [-0.15, -0.1) is 11.8 Å². The monoisotopic (exact) mass is 642 g/mol. The molecule has 1 spiro atoms. The molecule has 2 aromatic carbocycles. The Morgan fingerprint density at radius 1 is 1.16 bits per heavy atom. The van der Waals surface area contributed by atoms with Crippen LogP contribution >= 0.6 is 11.8 Å². The number of rotatable bonds is 3. The van der Waals surface area contributed by atoms with Crippen LogP contribution < -0.4 is 10.6 Å². The van der Waals surface area contributed by atoms with Gasteiger partial charge in [0.1, 0.15) is 11.6 Å². The van der Waals surface area contributed by atoms with E-state index < -0.39 is 28.7 Å². The molecule has 3 aliphatic rings. The number of halogens is 4. The van der Waals surface area contributed by atoms with Crippen LogP contribution in [0.5, 0.6) is 0 Å². The Hall–Kier alpha value is -3.91. The Morgan fingerprint density at radius 3 is 2.49 bits per heavy atom. The number of hydrogen-bond donors (Lipinski definition) is 0. The number of benzene rings is 2. The smallest absolute Gasteiger partial charge is 0.380 e. The van der Waals surface area contributed by atoms with E-state index in [-0.39, 0.29) is 75.8 Å². The molecular formula is C31H30F4N6O3S. The van der Waals surface area contributed by atoms with E-state index in [0.717, 1.165) is 12.1 Å². The normalized spacial score (nSPS) is 21.3.